The molecule has 0 radical (unpaired) electrons. The van der Waals surface area contributed by atoms with Gasteiger partial charge in [0, 0.05) is 37.1 Å². The number of alkyl halides is 3. The van der Waals surface area contributed by atoms with Gasteiger partial charge in [-0.05, 0) is 42.2 Å². The first-order chi connectivity index (χ1) is 11.5. The molecular weight excluding hydrogens is 369 g/mol. The van der Waals surface area contributed by atoms with Crippen molar-refractivity contribution < 1.29 is 13.2 Å². The van der Waals surface area contributed by atoms with Crippen molar-refractivity contribution in [1.29, 1.82) is 0 Å². The van der Waals surface area contributed by atoms with E-state index in [1.165, 1.54) is 19.3 Å². The van der Waals surface area contributed by atoms with Gasteiger partial charge in [-0.25, -0.2) is 0 Å². The Balaban J connectivity index is 0.00000225. The van der Waals surface area contributed by atoms with E-state index >= 15 is 0 Å². The number of rotatable bonds is 4. The number of piperazine rings is 1. The SMILES string of the molecule is Cl.FC(F)(F)Sc1ccccc1[C@@H](C1CCCCC1)N1CCNCC1. The van der Waals surface area contributed by atoms with Crippen LogP contribution in [0.1, 0.15) is 43.7 Å². The molecule has 0 amide bonds. The first kappa shape index (κ1) is 20.9. The van der Waals surface area contributed by atoms with Crippen LogP contribution in [-0.2, 0) is 0 Å². The average Bonchev–Trinajstić information content (AvgIpc) is 2.57. The van der Waals surface area contributed by atoms with Gasteiger partial charge < -0.3 is 5.32 Å². The lowest BCUT2D eigenvalue weighted by molar-refractivity contribution is -0.0329. The monoisotopic (exact) mass is 394 g/mol. The van der Waals surface area contributed by atoms with Crippen LogP contribution >= 0.6 is 24.2 Å². The Morgan fingerprint density at radius 1 is 1.04 bits per heavy atom. The zero-order valence-corrected chi connectivity index (χ0v) is 15.9. The molecule has 3 rings (SSSR count). The van der Waals surface area contributed by atoms with Crippen molar-refractivity contribution >= 4 is 24.2 Å². The fraction of sp³-hybridized carbons (Fsp3) is 0.667. The van der Waals surface area contributed by atoms with E-state index in [0.29, 0.717) is 10.8 Å². The predicted octanol–water partition coefficient (Wildman–Crippen LogP) is 5.25. The average molecular weight is 395 g/mol. The summed E-state index contributed by atoms with van der Waals surface area (Å²) in [6.07, 6.45) is 5.90. The summed E-state index contributed by atoms with van der Waals surface area (Å²) in [5, 5.41) is 3.35. The number of benzene rings is 1. The van der Waals surface area contributed by atoms with Crippen molar-refractivity contribution in [2.24, 2.45) is 5.92 Å². The summed E-state index contributed by atoms with van der Waals surface area (Å²) in [7, 11) is 0. The van der Waals surface area contributed by atoms with E-state index in [2.05, 4.69) is 10.2 Å². The highest BCUT2D eigenvalue weighted by Gasteiger charge is 2.36. The molecule has 1 saturated heterocycles. The topological polar surface area (TPSA) is 15.3 Å². The van der Waals surface area contributed by atoms with Crippen LogP contribution in [0.15, 0.2) is 29.2 Å². The molecule has 1 atom stereocenters. The number of hydrogen-bond acceptors (Lipinski definition) is 3. The second-order valence-electron chi connectivity index (χ2n) is 6.71. The van der Waals surface area contributed by atoms with Crippen LogP contribution in [0.25, 0.3) is 0 Å². The molecule has 0 bridgehead atoms. The van der Waals surface area contributed by atoms with Crippen molar-refractivity contribution in [3.8, 4) is 0 Å². The number of halogens is 4. The fourth-order valence-electron chi connectivity index (χ4n) is 4.10. The summed E-state index contributed by atoms with van der Waals surface area (Å²) in [5.74, 6) is 0.465. The molecule has 1 aromatic carbocycles. The number of thioether (sulfide) groups is 1. The van der Waals surface area contributed by atoms with Gasteiger partial charge in [-0.1, -0.05) is 37.5 Å². The molecule has 1 saturated carbocycles. The summed E-state index contributed by atoms with van der Waals surface area (Å²) in [6, 6.07) is 7.25. The second-order valence-corrected chi connectivity index (χ2v) is 7.82. The lowest BCUT2D eigenvalue weighted by Crippen LogP contribution is -2.47. The standard InChI is InChI=1S/C18H25F3N2S.ClH/c19-18(20,21)24-16-9-5-4-8-15(16)17(14-6-2-1-3-7-14)23-12-10-22-11-13-23;/h4-5,8-9,14,17,22H,1-3,6-7,10-13H2;1H/t17-;/m1./s1. The van der Waals surface area contributed by atoms with Crippen molar-refractivity contribution in [2.45, 2.75) is 48.5 Å². The highest BCUT2D eigenvalue weighted by Crippen LogP contribution is 2.45. The van der Waals surface area contributed by atoms with E-state index in [9.17, 15) is 13.2 Å². The Kier molecular flexibility index (Phi) is 7.92. The van der Waals surface area contributed by atoms with Gasteiger partial charge >= 0.3 is 5.51 Å². The third-order valence-corrected chi connectivity index (χ3v) is 5.93. The lowest BCUT2D eigenvalue weighted by Gasteiger charge is -2.42. The Bertz CT molecular complexity index is 511. The molecule has 0 spiro atoms. The van der Waals surface area contributed by atoms with Crippen molar-refractivity contribution in [3.63, 3.8) is 0 Å². The van der Waals surface area contributed by atoms with Gasteiger partial charge in [0.05, 0.1) is 0 Å². The molecule has 1 aliphatic carbocycles. The third-order valence-electron chi connectivity index (χ3n) is 5.10. The Morgan fingerprint density at radius 3 is 2.32 bits per heavy atom. The minimum atomic E-state index is -4.24. The highest BCUT2D eigenvalue weighted by atomic mass is 35.5. The van der Waals surface area contributed by atoms with Crippen LogP contribution in [0.2, 0.25) is 0 Å². The minimum absolute atomic E-state index is 0. The van der Waals surface area contributed by atoms with E-state index in [-0.39, 0.29) is 30.2 Å². The van der Waals surface area contributed by atoms with Crippen molar-refractivity contribution in [3.05, 3.63) is 29.8 Å². The smallest absolute Gasteiger partial charge is 0.314 e. The van der Waals surface area contributed by atoms with E-state index in [0.717, 1.165) is 44.6 Å². The van der Waals surface area contributed by atoms with Crippen LogP contribution < -0.4 is 5.32 Å². The summed E-state index contributed by atoms with van der Waals surface area (Å²) < 4.78 is 39.0. The molecule has 7 heteroatoms. The number of nitrogens with zero attached hydrogens (tertiary/aromatic N) is 1. The first-order valence-corrected chi connectivity index (χ1v) is 9.66. The summed E-state index contributed by atoms with van der Waals surface area (Å²) in [4.78, 5) is 2.78. The molecular formula is C18H26ClF3N2S. The molecule has 25 heavy (non-hydrogen) atoms. The number of hydrogen-bond donors (Lipinski definition) is 1. The van der Waals surface area contributed by atoms with Crippen molar-refractivity contribution in [1.82, 2.24) is 10.2 Å². The summed E-state index contributed by atoms with van der Waals surface area (Å²) in [6.45, 7) is 3.65. The Hall–Kier alpha value is -0.430. The fourth-order valence-corrected chi connectivity index (χ4v) is 4.80. The molecule has 2 aliphatic rings. The Labute approximate surface area is 158 Å². The van der Waals surface area contributed by atoms with Gasteiger partial charge in [-0.15, -0.1) is 12.4 Å². The maximum Gasteiger partial charge on any atom is 0.446 e. The molecule has 1 aliphatic heterocycles. The third kappa shape index (κ3) is 5.78. The number of nitrogens with one attached hydrogen (secondary N) is 1. The van der Waals surface area contributed by atoms with Gasteiger partial charge in [-0.3, -0.25) is 4.90 Å². The molecule has 0 aromatic heterocycles. The molecule has 2 fully saturated rings. The van der Waals surface area contributed by atoms with Crippen LogP contribution in [0.3, 0.4) is 0 Å². The summed E-state index contributed by atoms with van der Waals surface area (Å²) >= 11 is 0.0414. The van der Waals surface area contributed by atoms with Crippen LogP contribution in [0.5, 0.6) is 0 Å². The molecule has 2 nitrogen and oxygen atoms in total. The zero-order valence-electron chi connectivity index (χ0n) is 14.2. The van der Waals surface area contributed by atoms with E-state index in [1.54, 1.807) is 12.1 Å². The van der Waals surface area contributed by atoms with E-state index in [1.807, 2.05) is 12.1 Å². The quantitative estimate of drug-likeness (QED) is 0.702. The highest BCUT2D eigenvalue weighted by molar-refractivity contribution is 8.00. The minimum Gasteiger partial charge on any atom is -0.314 e. The summed E-state index contributed by atoms with van der Waals surface area (Å²) in [5.41, 5.74) is -3.37. The van der Waals surface area contributed by atoms with Crippen molar-refractivity contribution in [2.75, 3.05) is 26.2 Å². The normalized spacial score (nSPS) is 21.6. The van der Waals surface area contributed by atoms with Gasteiger partial charge in [0.15, 0.2) is 0 Å². The maximum absolute atomic E-state index is 13.0. The first-order valence-electron chi connectivity index (χ1n) is 8.84. The second kappa shape index (κ2) is 9.49. The van der Waals surface area contributed by atoms with Gasteiger partial charge in [0.25, 0.3) is 0 Å². The molecule has 142 valence electrons. The van der Waals surface area contributed by atoms with Crippen LogP contribution in [0.4, 0.5) is 13.2 Å². The lowest BCUT2D eigenvalue weighted by atomic mass is 9.80. The zero-order chi connectivity index (χ0) is 17.0. The van der Waals surface area contributed by atoms with Gasteiger partial charge in [0.2, 0.25) is 0 Å². The maximum atomic E-state index is 13.0. The van der Waals surface area contributed by atoms with Gasteiger partial charge in [0.1, 0.15) is 0 Å². The van der Waals surface area contributed by atoms with Crippen LogP contribution in [0, 0.1) is 5.92 Å². The molecule has 1 aromatic rings. The molecule has 1 heterocycles. The van der Waals surface area contributed by atoms with Crippen LogP contribution in [-0.4, -0.2) is 36.6 Å². The predicted molar refractivity (Wildman–Crippen MR) is 99.4 cm³/mol. The van der Waals surface area contributed by atoms with E-state index in [4.69, 9.17) is 0 Å². The molecule has 1 N–H and O–H groups in total. The van der Waals surface area contributed by atoms with Gasteiger partial charge in [-0.2, -0.15) is 13.2 Å². The molecule has 0 unspecified atom stereocenters. The largest absolute Gasteiger partial charge is 0.446 e. The van der Waals surface area contributed by atoms with E-state index < -0.39 is 5.51 Å². The Morgan fingerprint density at radius 2 is 1.68 bits per heavy atom.